The summed E-state index contributed by atoms with van der Waals surface area (Å²) in [5.41, 5.74) is 0.0527. The molecule has 0 fully saturated rings. The molecule has 0 heterocycles. The summed E-state index contributed by atoms with van der Waals surface area (Å²) in [6, 6.07) is 10.8. The molecular weight excluding hydrogens is 310 g/mol. The third kappa shape index (κ3) is 3.23. The Morgan fingerprint density at radius 2 is 1.95 bits per heavy atom. The topological polar surface area (TPSA) is 52.4 Å². The van der Waals surface area contributed by atoms with Crippen molar-refractivity contribution < 1.29 is 9.66 Å². The van der Waals surface area contributed by atoms with Crippen LogP contribution in [-0.2, 0) is 0 Å². The van der Waals surface area contributed by atoms with Crippen LogP contribution in [0, 0.1) is 10.1 Å². The molecule has 4 nitrogen and oxygen atoms in total. The summed E-state index contributed by atoms with van der Waals surface area (Å²) in [6.45, 7) is 0.491. The number of hydrogen-bond donors (Lipinski definition) is 0. The third-order valence-corrected chi connectivity index (χ3v) is 3.39. The maximum absolute atomic E-state index is 11.2. The molecule has 0 aliphatic carbocycles. The minimum atomic E-state index is -0.373. The zero-order chi connectivity index (χ0) is 13.7. The molecule has 0 bridgehead atoms. The van der Waals surface area contributed by atoms with Crippen LogP contribution in [0.1, 0.15) is 12.8 Å². The highest BCUT2D eigenvalue weighted by Gasteiger charge is 2.19. The van der Waals surface area contributed by atoms with Gasteiger partial charge in [0, 0.05) is 5.33 Å². The maximum Gasteiger partial charge on any atom is 0.318 e. The van der Waals surface area contributed by atoms with Crippen molar-refractivity contribution in [1.29, 1.82) is 0 Å². The van der Waals surface area contributed by atoms with Gasteiger partial charge in [0.25, 0.3) is 0 Å². The molecule has 2 aromatic carbocycles. The lowest BCUT2D eigenvalue weighted by molar-refractivity contribution is -0.384. The van der Waals surface area contributed by atoms with E-state index in [-0.39, 0.29) is 10.6 Å². The van der Waals surface area contributed by atoms with E-state index in [0.29, 0.717) is 17.7 Å². The van der Waals surface area contributed by atoms with Crippen LogP contribution in [0.25, 0.3) is 10.8 Å². The summed E-state index contributed by atoms with van der Waals surface area (Å²) in [6.07, 6.45) is 1.86. The van der Waals surface area contributed by atoms with Crippen LogP contribution in [0.3, 0.4) is 0 Å². The van der Waals surface area contributed by atoms with Crippen LogP contribution in [-0.4, -0.2) is 16.9 Å². The molecule has 0 atom stereocenters. The first-order valence-corrected chi connectivity index (χ1v) is 7.21. The van der Waals surface area contributed by atoms with E-state index in [1.807, 2.05) is 18.2 Å². The van der Waals surface area contributed by atoms with Gasteiger partial charge in [-0.1, -0.05) is 40.2 Å². The Bertz CT molecular complexity index is 586. The van der Waals surface area contributed by atoms with Crippen molar-refractivity contribution in [2.24, 2.45) is 0 Å². The molecule has 0 saturated heterocycles. The summed E-state index contributed by atoms with van der Waals surface area (Å²) in [5.74, 6) is 0.346. The largest absolute Gasteiger partial charge is 0.487 e. The van der Waals surface area contributed by atoms with Crippen molar-refractivity contribution in [2.45, 2.75) is 12.8 Å². The first kappa shape index (κ1) is 13.8. The van der Waals surface area contributed by atoms with Crippen LogP contribution in [0.4, 0.5) is 5.69 Å². The van der Waals surface area contributed by atoms with Gasteiger partial charge in [-0.3, -0.25) is 10.1 Å². The standard InChI is InChI=1S/C14H14BrNO3/c15-9-3-4-10-19-13-8-7-11-5-1-2-6-12(11)14(13)16(17)18/h1-2,5-8H,3-4,9-10H2. The molecule has 0 aromatic heterocycles. The van der Waals surface area contributed by atoms with Crippen molar-refractivity contribution >= 4 is 32.4 Å². The summed E-state index contributed by atoms with van der Waals surface area (Å²) < 4.78 is 5.55. The number of nitrogens with zero attached hydrogens (tertiary/aromatic N) is 1. The zero-order valence-electron chi connectivity index (χ0n) is 10.3. The number of hydrogen-bond acceptors (Lipinski definition) is 3. The maximum atomic E-state index is 11.2. The van der Waals surface area contributed by atoms with E-state index >= 15 is 0 Å². The second-order valence-corrected chi connectivity index (χ2v) is 4.93. The molecular formula is C14H14BrNO3. The highest BCUT2D eigenvalue weighted by molar-refractivity contribution is 9.09. The number of benzene rings is 2. The number of nitro groups is 1. The first-order chi connectivity index (χ1) is 9.24. The number of ether oxygens (including phenoxy) is 1. The first-order valence-electron chi connectivity index (χ1n) is 6.09. The molecule has 0 spiro atoms. The summed E-state index contributed by atoms with van der Waals surface area (Å²) in [4.78, 5) is 10.9. The van der Waals surface area contributed by atoms with Crippen LogP contribution in [0.15, 0.2) is 36.4 Å². The number of halogens is 1. The molecule has 0 radical (unpaired) electrons. The smallest absolute Gasteiger partial charge is 0.318 e. The zero-order valence-corrected chi connectivity index (χ0v) is 11.9. The number of alkyl halides is 1. The molecule has 0 amide bonds. The Labute approximate surface area is 119 Å². The molecule has 2 aromatic rings. The fourth-order valence-electron chi connectivity index (χ4n) is 1.92. The van der Waals surface area contributed by atoms with Crippen LogP contribution in [0.5, 0.6) is 5.75 Å². The summed E-state index contributed by atoms with van der Waals surface area (Å²) in [5, 5.41) is 13.6. The van der Waals surface area contributed by atoms with E-state index in [1.165, 1.54) is 0 Å². The quantitative estimate of drug-likeness (QED) is 0.344. The van der Waals surface area contributed by atoms with Crippen molar-refractivity contribution in [3.8, 4) is 5.75 Å². The number of fused-ring (bicyclic) bond motifs is 1. The van der Waals surface area contributed by atoms with Gasteiger partial charge in [0.1, 0.15) is 0 Å². The number of unbranched alkanes of at least 4 members (excludes halogenated alkanes) is 1. The van der Waals surface area contributed by atoms with Gasteiger partial charge in [-0.15, -0.1) is 0 Å². The van der Waals surface area contributed by atoms with Crippen LogP contribution in [0.2, 0.25) is 0 Å². The lowest BCUT2D eigenvalue weighted by Crippen LogP contribution is -2.01. The third-order valence-electron chi connectivity index (χ3n) is 2.83. The highest BCUT2D eigenvalue weighted by atomic mass is 79.9. The summed E-state index contributed by atoms with van der Waals surface area (Å²) in [7, 11) is 0. The highest BCUT2D eigenvalue weighted by Crippen LogP contribution is 2.35. The van der Waals surface area contributed by atoms with Crippen LogP contribution >= 0.6 is 15.9 Å². The second kappa shape index (κ2) is 6.52. The molecule has 0 aliphatic rings. The van der Waals surface area contributed by atoms with Crippen molar-refractivity contribution in [1.82, 2.24) is 0 Å². The van der Waals surface area contributed by atoms with E-state index in [9.17, 15) is 10.1 Å². The average Bonchev–Trinajstić information content (AvgIpc) is 2.42. The Morgan fingerprint density at radius 1 is 1.16 bits per heavy atom. The monoisotopic (exact) mass is 323 g/mol. The van der Waals surface area contributed by atoms with E-state index in [0.717, 1.165) is 23.6 Å². The predicted octanol–water partition coefficient (Wildman–Crippen LogP) is 4.30. The number of nitro benzene ring substituents is 1. The minimum Gasteiger partial charge on any atom is -0.487 e. The molecule has 0 saturated carbocycles. The molecule has 2 rings (SSSR count). The fourth-order valence-corrected chi connectivity index (χ4v) is 2.32. The van der Waals surface area contributed by atoms with Gasteiger partial charge < -0.3 is 4.74 Å². The van der Waals surface area contributed by atoms with Gasteiger partial charge in [0.2, 0.25) is 0 Å². The van der Waals surface area contributed by atoms with Crippen LogP contribution < -0.4 is 4.74 Å². The van der Waals surface area contributed by atoms with E-state index < -0.39 is 0 Å². The van der Waals surface area contributed by atoms with Gasteiger partial charge in [0.05, 0.1) is 16.9 Å². The predicted molar refractivity (Wildman–Crippen MR) is 79.1 cm³/mol. The molecule has 5 heteroatoms. The van der Waals surface area contributed by atoms with Gasteiger partial charge in [-0.25, -0.2) is 0 Å². The molecule has 19 heavy (non-hydrogen) atoms. The minimum absolute atomic E-state index is 0.0527. The fraction of sp³-hybridized carbons (Fsp3) is 0.286. The lowest BCUT2D eigenvalue weighted by Gasteiger charge is -2.08. The Kier molecular flexibility index (Phi) is 4.74. The van der Waals surface area contributed by atoms with Crippen molar-refractivity contribution in [3.63, 3.8) is 0 Å². The lowest BCUT2D eigenvalue weighted by atomic mass is 10.1. The molecule has 0 N–H and O–H groups in total. The van der Waals surface area contributed by atoms with Crippen molar-refractivity contribution in [2.75, 3.05) is 11.9 Å². The Hall–Kier alpha value is -1.62. The molecule has 0 unspecified atom stereocenters. The van der Waals surface area contributed by atoms with E-state index in [1.54, 1.807) is 18.2 Å². The van der Waals surface area contributed by atoms with Gasteiger partial charge in [0.15, 0.2) is 5.75 Å². The average molecular weight is 324 g/mol. The number of rotatable bonds is 6. The second-order valence-electron chi connectivity index (χ2n) is 4.14. The van der Waals surface area contributed by atoms with E-state index in [4.69, 9.17) is 4.74 Å². The van der Waals surface area contributed by atoms with Gasteiger partial charge in [-0.2, -0.15) is 0 Å². The summed E-state index contributed by atoms with van der Waals surface area (Å²) >= 11 is 3.34. The SMILES string of the molecule is O=[N+]([O-])c1c(OCCCCBr)ccc2ccccc12. The Morgan fingerprint density at radius 3 is 2.68 bits per heavy atom. The molecule has 0 aliphatic heterocycles. The normalized spacial score (nSPS) is 10.6. The van der Waals surface area contributed by atoms with Crippen molar-refractivity contribution in [3.05, 3.63) is 46.5 Å². The van der Waals surface area contributed by atoms with Gasteiger partial charge in [-0.05, 0) is 30.4 Å². The molecule has 100 valence electrons. The Balaban J connectivity index is 2.32. The van der Waals surface area contributed by atoms with E-state index in [2.05, 4.69) is 15.9 Å². The van der Waals surface area contributed by atoms with Gasteiger partial charge >= 0.3 is 5.69 Å².